The summed E-state index contributed by atoms with van der Waals surface area (Å²) in [5.41, 5.74) is 1.06. The molecule has 0 radical (unpaired) electrons. The van der Waals surface area contributed by atoms with E-state index in [1.807, 2.05) is 37.3 Å². The quantitative estimate of drug-likeness (QED) is 0.627. The molecular formula is C15H19ClO3. The van der Waals surface area contributed by atoms with Gasteiger partial charge in [-0.3, -0.25) is 0 Å². The van der Waals surface area contributed by atoms with Gasteiger partial charge >= 0.3 is 5.97 Å². The molecule has 0 unspecified atom stereocenters. The zero-order chi connectivity index (χ0) is 13.7. The Balaban J connectivity index is 2.02. The van der Waals surface area contributed by atoms with Crippen molar-refractivity contribution in [2.75, 3.05) is 6.61 Å². The summed E-state index contributed by atoms with van der Waals surface area (Å²) in [6.45, 7) is 2.40. The third kappa shape index (κ3) is 3.95. The van der Waals surface area contributed by atoms with E-state index in [0.717, 1.165) is 18.4 Å². The van der Waals surface area contributed by atoms with Gasteiger partial charge in [0.05, 0.1) is 12.7 Å². The highest BCUT2D eigenvalue weighted by molar-refractivity contribution is 6.20. The van der Waals surface area contributed by atoms with Crippen molar-refractivity contribution >= 4 is 17.6 Å². The topological polar surface area (TPSA) is 35.5 Å². The van der Waals surface area contributed by atoms with Gasteiger partial charge in [0, 0.05) is 11.8 Å². The third-order valence-corrected chi connectivity index (χ3v) is 3.51. The lowest BCUT2D eigenvalue weighted by molar-refractivity contribution is -0.166. The second kappa shape index (κ2) is 6.92. The molecule has 1 aromatic carbocycles. The van der Waals surface area contributed by atoms with Crippen molar-refractivity contribution in [1.82, 2.24) is 0 Å². The van der Waals surface area contributed by atoms with Crippen molar-refractivity contribution in [3.05, 3.63) is 35.9 Å². The van der Waals surface area contributed by atoms with Gasteiger partial charge in [0.15, 0.2) is 6.10 Å². The monoisotopic (exact) mass is 282 g/mol. The van der Waals surface area contributed by atoms with Crippen LogP contribution in [0, 0.1) is 0 Å². The summed E-state index contributed by atoms with van der Waals surface area (Å²) < 4.78 is 11.0. The maximum Gasteiger partial charge on any atom is 0.335 e. The lowest BCUT2D eigenvalue weighted by Gasteiger charge is -2.31. The summed E-state index contributed by atoms with van der Waals surface area (Å²) in [5, 5.41) is -0.0573. The van der Waals surface area contributed by atoms with E-state index in [9.17, 15) is 4.79 Å². The fourth-order valence-corrected chi connectivity index (χ4v) is 2.52. The van der Waals surface area contributed by atoms with Crippen LogP contribution in [0.4, 0.5) is 0 Å². The van der Waals surface area contributed by atoms with E-state index >= 15 is 0 Å². The standard InChI is InChI=1S/C15H19ClO3/c1-2-8-18-15(17)14-10-12(16)9-13(19-14)11-6-4-3-5-7-11/h3-7,12-14H,2,8-10H2,1H3/t12-,13-,14-/m1/s1. The molecule has 1 heterocycles. The lowest BCUT2D eigenvalue weighted by atomic mass is 9.98. The maximum atomic E-state index is 11.9. The first-order chi connectivity index (χ1) is 9.20. The molecule has 4 heteroatoms. The summed E-state index contributed by atoms with van der Waals surface area (Å²) in [4.78, 5) is 11.9. The van der Waals surface area contributed by atoms with Crippen LogP contribution < -0.4 is 0 Å². The Kier molecular flexibility index (Phi) is 5.23. The van der Waals surface area contributed by atoms with Crippen LogP contribution in [0.3, 0.4) is 0 Å². The molecule has 1 fully saturated rings. The van der Waals surface area contributed by atoms with Gasteiger partial charge in [-0.05, 0) is 18.4 Å². The zero-order valence-corrected chi connectivity index (χ0v) is 11.8. The fourth-order valence-electron chi connectivity index (χ4n) is 2.20. The Morgan fingerprint density at radius 1 is 1.37 bits per heavy atom. The molecular weight excluding hydrogens is 264 g/mol. The minimum Gasteiger partial charge on any atom is -0.464 e. The number of halogens is 1. The molecule has 104 valence electrons. The van der Waals surface area contributed by atoms with E-state index in [1.54, 1.807) is 0 Å². The predicted octanol–water partition coefficient (Wildman–Crippen LogP) is 3.47. The molecule has 0 bridgehead atoms. The molecule has 0 spiro atoms. The molecule has 1 aliphatic heterocycles. The first-order valence-corrected chi connectivity index (χ1v) is 7.15. The van der Waals surface area contributed by atoms with E-state index in [1.165, 1.54) is 0 Å². The molecule has 3 atom stereocenters. The number of hydrogen-bond donors (Lipinski definition) is 0. The number of carbonyl (C=O) groups is 1. The molecule has 0 saturated carbocycles. The Morgan fingerprint density at radius 2 is 2.11 bits per heavy atom. The van der Waals surface area contributed by atoms with Crippen molar-refractivity contribution in [3.63, 3.8) is 0 Å². The normalized spacial score (nSPS) is 26.9. The van der Waals surface area contributed by atoms with E-state index < -0.39 is 6.10 Å². The van der Waals surface area contributed by atoms with Gasteiger partial charge in [0.1, 0.15) is 0 Å². The van der Waals surface area contributed by atoms with Gasteiger partial charge < -0.3 is 9.47 Å². The average molecular weight is 283 g/mol. The predicted molar refractivity (Wildman–Crippen MR) is 74.2 cm³/mol. The van der Waals surface area contributed by atoms with Crippen LogP contribution in [0.5, 0.6) is 0 Å². The van der Waals surface area contributed by atoms with E-state index in [0.29, 0.717) is 13.0 Å². The van der Waals surface area contributed by atoms with E-state index in [4.69, 9.17) is 21.1 Å². The Hall–Kier alpha value is -1.06. The number of carbonyl (C=O) groups excluding carboxylic acids is 1. The largest absolute Gasteiger partial charge is 0.464 e. The SMILES string of the molecule is CCCOC(=O)[C@H]1C[C@H](Cl)C[C@H](c2ccccc2)O1. The van der Waals surface area contributed by atoms with Crippen molar-refractivity contribution in [1.29, 1.82) is 0 Å². The summed E-state index contributed by atoms with van der Waals surface area (Å²) in [5.74, 6) is -0.298. The molecule has 1 aliphatic rings. The zero-order valence-electron chi connectivity index (χ0n) is 11.0. The Labute approximate surface area is 118 Å². The van der Waals surface area contributed by atoms with Gasteiger partial charge in [-0.1, -0.05) is 37.3 Å². The Bertz CT molecular complexity index is 407. The molecule has 1 saturated heterocycles. The second-order valence-electron chi connectivity index (χ2n) is 4.76. The summed E-state index contributed by atoms with van der Waals surface area (Å²) in [7, 11) is 0. The van der Waals surface area contributed by atoms with Gasteiger partial charge in [0.25, 0.3) is 0 Å². The van der Waals surface area contributed by atoms with E-state index in [2.05, 4.69) is 0 Å². The van der Waals surface area contributed by atoms with Crippen molar-refractivity contribution in [2.45, 2.75) is 43.8 Å². The molecule has 1 aromatic rings. The van der Waals surface area contributed by atoms with Crippen LogP contribution >= 0.6 is 11.6 Å². The molecule has 2 rings (SSSR count). The molecule has 0 amide bonds. The van der Waals surface area contributed by atoms with Crippen LogP contribution in [-0.4, -0.2) is 24.1 Å². The number of rotatable bonds is 4. The highest BCUT2D eigenvalue weighted by Gasteiger charge is 2.34. The third-order valence-electron chi connectivity index (χ3n) is 3.15. The van der Waals surface area contributed by atoms with Gasteiger partial charge in [-0.25, -0.2) is 4.79 Å². The first-order valence-electron chi connectivity index (χ1n) is 6.71. The molecule has 0 aromatic heterocycles. The van der Waals surface area contributed by atoms with Crippen LogP contribution in [0.25, 0.3) is 0 Å². The van der Waals surface area contributed by atoms with E-state index in [-0.39, 0.29) is 17.5 Å². The number of ether oxygens (including phenoxy) is 2. The van der Waals surface area contributed by atoms with Crippen molar-refractivity contribution in [2.24, 2.45) is 0 Å². The lowest BCUT2D eigenvalue weighted by Crippen LogP contribution is -2.36. The highest BCUT2D eigenvalue weighted by atomic mass is 35.5. The number of benzene rings is 1. The van der Waals surface area contributed by atoms with Crippen LogP contribution in [0.1, 0.15) is 37.9 Å². The smallest absolute Gasteiger partial charge is 0.335 e. The summed E-state index contributed by atoms with van der Waals surface area (Å²) >= 11 is 6.25. The molecule has 0 N–H and O–H groups in total. The maximum absolute atomic E-state index is 11.9. The van der Waals surface area contributed by atoms with Gasteiger partial charge in [-0.2, -0.15) is 0 Å². The van der Waals surface area contributed by atoms with Gasteiger partial charge in [0.2, 0.25) is 0 Å². The number of hydrogen-bond acceptors (Lipinski definition) is 3. The van der Waals surface area contributed by atoms with Crippen LogP contribution in [0.15, 0.2) is 30.3 Å². The molecule has 19 heavy (non-hydrogen) atoms. The molecule has 0 aliphatic carbocycles. The minimum atomic E-state index is -0.548. The van der Waals surface area contributed by atoms with Crippen molar-refractivity contribution < 1.29 is 14.3 Å². The number of esters is 1. The highest BCUT2D eigenvalue weighted by Crippen LogP contribution is 2.34. The molecule has 3 nitrogen and oxygen atoms in total. The minimum absolute atomic E-state index is 0.0573. The summed E-state index contributed by atoms with van der Waals surface area (Å²) in [6, 6.07) is 9.86. The number of alkyl halides is 1. The summed E-state index contributed by atoms with van der Waals surface area (Å²) in [6.07, 6.45) is 1.38. The van der Waals surface area contributed by atoms with Crippen LogP contribution in [0.2, 0.25) is 0 Å². The van der Waals surface area contributed by atoms with Crippen LogP contribution in [-0.2, 0) is 14.3 Å². The van der Waals surface area contributed by atoms with Crippen molar-refractivity contribution in [3.8, 4) is 0 Å². The average Bonchev–Trinajstić information content (AvgIpc) is 2.45. The Morgan fingerprint density at radius 3 is 2.79 bits per heavy atom. The second-order valence-corrected chi connectivity index (χ2v) is 5.38. The van der Waals surface area contributed by atoms with Gasteiger partial charge in [-0.15, -0.1) is 11.6 Å². The fraction of sp³-hybridized carbons (Fsp3) is 0.533. The first kappa shape index (κ1) is 14.4.